The number of fused-ring (bicyclic) bond motifs is 6. The normalized spacial score (nSPS) is 11.3. The minimum atomic E-state index is 0.411. The maximum atomic E-state index is 4.47. The first kappa shape index (κ1) is 28.4. The van der Waals surface area contributed by atoms with Gasteiger partial charge in [0.1, 0.15) is 25.3 Å². The molecule has 0 saturated carbocycles. The smallest absolute Gasteiger partial charge is 0.240 e. The summed E-state index contributed by atoms with van der Waals surface area (Å²) in [6.45, 7) is 0. The molecule has 0 aliphatic carbocycles. The average Bonchev–Trinajstić information content (AvgIpc) is 3.19. The van der Waals surface area contributed by atoms with E-state index in [2.05, 4.69) is 169 Å². The van der Waals surface area contributed by atoms with Gasteiger partial charge in [-0.2, -0.15) is 0 Å². The topological polar surface area (TPSA) is 80.6 Å². The van der Waals surface area contributed by atoms with Crippen molar-refractivity contribution in [3.8, 4) is 33.4 Å². The Balaban J connectivity index is 1.47. The van der Waals surface area contributed by atoms with E-state index in [1.807, 2.05) is 4.90 Å². The Labute approximate surface area is 282 Å². The van der Waals surface area contributed by atoms with Gasteiger partial charge in [-0.05, 0) is 83.9 Å². The van der Waals surface area contributed by atoms with Gasteiger partial charge in [0.25, 0.3) is 0 Å². The van der Waals surface area contributed by atoms with Crippen molar-refractivity contribution in [2.45, 2.75) is 0 Å². The minimum absolute atomic E-state index is 0.411. The quantitative estimate of drug-likeness (QED) is 0.169. The van der Waals surface area contributed by atoms with Gasteiger partial charge < -0.3 is 0 Å². The summed E-state index contributed by atoms with van der Waals surface area (Å²) < 4.78 is 0. The lowest BCUT2D eigenvalue weighted by Gasteiger charge is -2.24. The van der Waals surface area contributed by atoms with Crippen LogP contribution >= 0.6 is 0 Å². The number of rotatable bonds is 6. The lowest BCUT2D eigenvalue weighted by molar-refractivity contribution is 0.949. The summed E-state index contributed by atoms with van der Waals surface area (Å²) >= 11 is 0. The van der Waals surface area contributed by atoms with Gasteiger partial charge in [0.05, 0.1) is 5.69 Å². The predicted octanol–water partition coefficient (Wildman–Crippen LogP) is 9.99. The first-order chi connectivity index (χ1) is 24.3. The van der Waals surface area contributed by atoms with Gasteiger partial charge in [0.2, 0.25) is 11.9 Å². The highest BCUT2D eigenvalue weighted by Gasteiger charge is 2.23. The van der Waals surface area contributed by atoms with E-state index in [0.29, 0.717) is 11.9 Å². The van der Waals surface area contributed by atoms with Gasteiger partial charge in [0.15, 0.2) is 0 Å². The van der Waals surface area contributed by atoms with Crippen molar-refractivity contribution in [3.63, 3.8) is 0 Å². The van der Waals surface area contributed by atoms with Crippen LogP contribution in [0.5, 0.6) is 0 Å². The van der Waals surface area contributed by atoms with E-state index in [-0.39, 0.29) is 0 Å². The van der Waals surface area contributed by atoms with Crippen molar-refractivity contribution in [2.24, 2.45) is 0 Å². The van der Waals surface area contributed by atoms with Gasteiger partial charge in [-0.3, -0.25) is 0 Å². The number of benzene rings is 7. The minimum Gasteiger partial charge on any atom is -0.247 e. The van der Waals surface area contributed by atoms with Crippen molar-refractivity contribution in [1.82, 2.24) is 29.9 Å². The van der Waals surface area contributed by atoms with Crippen molar-refractivity contribution < 1.29 is 0 Å². The molecule has 7 heteroatoms. The zero-order valence-electron chi connectivity index (χ0n) is 26.2. The van der Waals surface area contributed by atoms with E-state index in [1.165, 1.54) is 63.7 Å². The summed E-state index contributed by atoms with van der Waals surface area (Å²) in [5, 5.41) is 6.95. The molecule has 0 aliphatic rings. The fraction of sp³-hybridized carbons (Fsp3) is 0. The molecule has 230 valence electrons. The molecular weight excluding hydrogens is 603 g/mol. The lowest BCUT2D eigenvalue weighted by Crippen LogP contribution is -2.16. The zero-order chi connectivity index (χ0) is 32.6. The highest BCUT2D eigenvalue weighted by atomic mass is 15.3. The van der Waals surface area contributed by atoms with Crippen molar-refractivity contribution in [3.05, 3.63) is 165 Å². The summed E-state index contributed by atoms with van der Waals surface area (Å²) in [6.07, 6.45) is 5.90. The Morgan fingerprint density at radius 1 is 0.367 bits per heavy atom. The third-order valence-corrected chi connectivity index (χ3v) is 8.94. The predicted molar refractivity (Wildman–Crippen MR) is 197 cm³/mol. The summed E-state index contributed by atoms with van der Waals surface area (Å²) in [5.41, 5.74) is 7.86. The first-order valence-electron chi connectivity index (χ1n) is 16.0. The van der Waals surface area contributed by atoms with Crippen molar-refractivity contribution >= 4 is 49.9 Å². The second-order valence-electron chi connectivity index (χ2n) is 11.7. The summed E-state index contributed by atoms with van der Waals surface area (Å²) in [5.74, 6) is 0.821. The van der Waals surface area contributed by atoms with E-state index in [4.69, 9.17) is 0 Å². The van der Waals surface area contributed by atoms with Crippen molar-refractivity contribution in [1.29, 1.82) is 0 Å². The van der Waals surface area contributed by atoms with E-state index in [0.717, 1.165) is 33.0 Å². The van der Waals surface area contributed by atoms with Gasteiger partial charge in [-0.1, -0.05) is 121 Å². The highest BCUT2D eigenvalue weighted by molar-refractivity contribution is 6.33. The van der Waals surface area contributed by atoms with E-state index in [9.17, 15) is 0 Å². The van der Waals surface area contributed by atoms with Crippen LogP contribution in [0.15, 0.2) is 165 Å². The molecule has 0 spiro atoms. The second-order valence-corrected chi connectivity index (χ2v) is 11.7. The standard InChI is InChI=1S/C42H27N7/c1-4-12-28(13-5-1)35-23-36(29-14-6-2-7-15-29)39-33-19-11-10-18-32(33)37-22-31(20-21-34(37)40(39)38(35)30-16-8-3-9-17-30)49(41-45-24-43-25-46-41)42-47-26-44-27-48-42/h1-27H. The Kier molecular flexibility index (Phi) is 6.98. The molecule has 2 aromatic heterocycles. The Bertz CT molecular complexity index is 2540. The van der Waals surface area contributed by atoms with Gasteiger partial charge in [-0.15, -0.1) is 0 Å². The molecule has 9 rings (SSSR count). The van der Waals surface area contributed by atoms with E-state index < -0.39 is 0 Å². The Morgan fingerprint density at radius 3 is 1.45 bits per heavy atom. The molecule has 0 bridgehead atoms. The molecule has 0 amide bonds. The highest BCUT2D eigenvalue weighted by Crippen LogP contribution is 2.49. The Hall–Kier alpha value is -6.86. The fourth-order valence-electron chi connectivity index (χ4n) is 6.89. The van der Waals surface area contributed by atoms with Crippen LogP contribution in [0.2, 0.25) is 0 Å². The molecule has 9 aromatic rings. The third-order valence-electron chi connectivity index (χ3n) is 8.94. The molecule has 0 unspecified atom stereocenters. The lowest BCUT2D eigenvalue weighted by atomic mass is 9.81. The van der Waals surface area contributed by atoms with Crippen LogP contribution < -0.4 is 4.90 Å². The summed E-state index contributed by atoms with van der Waals surface area (Å²) in [6, 6.07) is 49.7. The van der Waals surface area contributed by atoms with E-state index >= 15 is 0 Å². The number of anilines is 3. The fourth-order valence-corrected chi connectivity index (χ4v) is 6.89. The maximum absolute atomic E-state index is 4.47. The Morgan fingerprint density at radius 2 is 0.857 bits per heavy atom. The number of hydrogen-bond donors (Lipinski definition) is 0. The molecular formula is C42H27N7. The zero-order valence-corrected chi connectivity index (χ0v) is 26.2. The first-order valence-corrected chi connectivity index (χ1v) is 16.0. The third kappa shape index (κ3) is 4.92. The average molecular weight is 630 g/mol. The number of nitrogens with zero attached hydrogens (tertiary/aromatic N) is 7. The summed E-state index contributed by atoms with van der Waals surface area (Å²) in [7, 11) is 0. The van der Waals surface area contributed by atoms with E-state index in [1.54, 1.807) is 0 Å². The van der Waals surface area contributed by atoms with Gasteiger partial charge in [0, 0.05) is 0 Å². The molecule has 49 heavy (non-hydrogen) atoms. The maximum Gasteiger partial charge on any atom is 0.240 e. The molecule has 0 atom stereocenters. The molecule has 0 fully saturated rings. The molecule has 7 nitrogen and oxygen atoms in total. The monoisotopic (exact) mass is 629 g/mol. The SMILES string of the molecule is c1ccc(-c2cc(-c3ccccc3)c3c4ccccc4c4cc(N(c5ncncn5)c5ncncn5)ccc4c3c2-c2ccccc2)cc1. The van der Waals surface area contributed by atoms with Crippen LogP contribution in [0.25, 0.3) is 65.7 Å². The van der Waals surface area contributed by atoms with Crippen LogP contribution in [-0.2, 0) is 0 Å². The van der Waals surface area contributed by atoms with Crippen LogP contribution in [0.1, 0.15) is 0 Å². The molecule has 0 radical (unpaired) electrons. The van der Waals surface area contributed by atoms with Crippen LogP contribution in [0, 0.1) is 0 Å². The molecule has 2 heterocycles. The number of aromatic nitrogens is 6. The van der Waals surface area contributed by atoms with Crippen molar-refractivity contribution in [2.75, 3.05) is 4.90 Å². The van der Waals surface area contributed by atoms with Gasteiger partial charge in [-0.25, -0.2) is 34.8 Å². The molecule has 0 N–H and O–H groups in total. The second kappa shape index (κ2) is 12.1. The molecule has 7 aromatic carbocycles. The molecule has 0 saturated heterocycles. The number of hydrogen-bond acceptors (Lipinski definition) is 7. The van der Waals surface area contributed by atoms with Crippen LogP contribution in [-0.4, -0.2) is 29.9 Å². The van der Waals surface area contributed by atoms with Crippen LogP contribution in [0.3, 0.4) is 0 Å². The largest absolute Gasteiger partial charge is 0.247 e. The molecule has 0 aliphatic heterocycles. The van der Waals surface area contributed by atoms with Crippen LogP contribution in [0.4, 0.5) is 17.6 Å². The summed E-state index contributed by atoms with van der Waals surface area (Å²) in [4.78, 5) is 27.8. The van der Waals surface area contributed by atoms with Gasteiger partial charge >= 0.3 is 0 Å².